The number of para-hydroxylation sites is 1. The number of anilines is 1. The van der Waals surface area contributed by atoms with E-state index in [9.17, 15) is 0 Å². The predicted molar refractivity (Wildman–Crippen MR) is 76.1 cm³/mol. The van der Waals surface area contributed by atoms with Crippen molar-refractivity contribution in [3.05, 3.63) is 43.0 Å². The molecule has 19 heavy (non-hydrogen) atoms. The first kappa shape index (κ1) is 11.6. The number of hydrazine groups is 1. The molecule has 0 aliphatic rings. The lowest BCUT2D eigenvalue weighted by Gasteiger charge is -2.22. The second kappa shape index (κ2) is 4.67. The fourth-order valence-electron chi connectivity index (χ4n) is 1.85. The van der Waals surface area contributed by atoms with Crippen molar-refractivity contribution in [1.82, 2.24) is 25.3 Å². The lowest BCUT2D eigenvalue weighted by molar-refractivity contribution is 0.799. The van der Waals surface area contributed by atoms with E-state index in [-0.39, 0.29) is 0 Å². The summed E-state index contributed by atoms with van der Waals surface area (Å²) in [7, 11) is 0. The van der Waals surface area contributed by atoms with Gasteiger partial charge in [-0.2, -0.15) is 5.10 Å². The van der Waals surface area contributed by atoms with Gasteiger partial charge in [0.05, 0.1) is 5.52 Å². The van der Waals surface area contributed by atoms with E-state index in [1.807, 2.05) is 24.3 Å². The van der Waals surface area contributed by atoms with E-state index in [0.717, 1.165) is 10.9 Å². The minimum absolute atomic E-state index is 0.315. The molecule has 2 heterocycles. The van der Waals surface area contributed by atoms with Crippen LogP contribution in [0.25, 0.3) is 10.9 Å². The van der Waals surface area contributed by atoms with Crippen molar-refractivity contribution < 1.29 is 0 Å². The number of fused-ring (bicyclic) bond motifs is 1. The van der Waals surface area contributed by atoms with Gasteiger partial charge in [-0.3, -0.25) is 10.5 Å². The number of hydrogen-bond acceptors (Lipinski definition) is 4. The number of thiocarbonyl (C=S) groups is 1. The van der Waals surface area contributed by atoms with Gasteiger partial charge in [-0.25, -0.2) is 20.5 Å². The zero-order chi connectivity index (χ0) is 13.2. The van der Waals surface area contributed by atoms with Crippen LogP contribution >= 0.6 is 12.2 Å². The third kappa shape index (κ3) is 1.92. The van der Waals surface area contributed by atoms with Gasteiger partial charge in [0.25, 0.3) is 0 Å². The summed E-state index contributed by atoms with van der Waals surface area (Å²) in [6.07, 6.45) is 5.03. The van der Waals surface area contributed by atoms with Crippen molar-refractivity contribution in [3.8, 4) is 0 Å². The molecule has 4 N–H and O–H groups in total. The fourth-order valence-corrected chi connectivity index (χ4v) is 2.03. The molecule has 96 valence electrons. The zero-order valence-corrected chi connectivity index (χ0v) is 10.6. The molecule has 0 atom stereocenters. The first-order valence-electron chi connectivity index (χ1n) is 5.53. The van der Waals surface area contributed by atoms with E-state index in [0.29, 0.717) is 10.9 Å². The molecule has 0 amide bonds. The average molecular weight is 273 g/mol. The van der Waals surface area contributed by atoms with Crippen LogP contribution in [-0.4, -0.2) is 25.0 Å². The van der Waals surface area contributed by atoms with E-state index in [4.69, 9.17) is 18.1 Å². The Morgan fingerprint density at radius 2 is 2.26 bits per heavy atom. The van der Waals surface area contributed by atoms with Crippen molar-refractivity contribution >= 4 is 34.1 Å². The van der Waals surface area contributed by atoms with Crippen LogP contribution in [0.15, 0.2) is 43.0 Å². The van der Waals surface area contributed by atoms with Crippen LogP contribution in [0.4, 0.5) is 5.82 Å². The van der Waals surface area contributed by atoms with Crippen molar-refractivity contribution in [2.45, 2.75) is 0 Å². The number of rotatable bonds is 2. The molecule has 1 aromatic carbocycles. The molecule has 8 heteroatoms. The summed E-state index contributed by atoms with van der Waals surface area (Å²) >= 11 is 5.22. The van der Waals surface area contributed by atoms with Crippen LogP contribution in [0, 0.1) is 0 Å². The minimum Gasteiger partial charge on any atom is -0.299 e. The van der Waals surface area contributed by atoms with Crippen molar-refractivity contribution in [2.24, 2.45) is 5.84 Å². The maximum atomic E-state index is 5.42. The van der Waals surface area contributed by atoms with Crippen molar-refractivity contribution in [2.75, 3.05) is 5.01 Å². The van der Waals surface area contributed by atoms with Gasteiger partial charge >= 0.3 is 0 Å². The van der Waals surface area contributed by atoms with Crippen LogP contribution in [0.3, 0.4) is 0 Å². The minimum atomic E-state index is 0.315. The number of aromatic nitrogens is 4. The number of imidazole rings is 1. The second-order valence-electron chi connectivity index (χ2n) is 3.80. The molecule has 0 saturated heterocycles. The highest BCUT2D eigenvalue weighted by Gasteiger charge is 2.18. The van der Waals surface area contributed by atoms with Crippen LogP contribution in [0.1, 0.15) is 0 Å². The Bertz CT molecular complexity index is 703. The molecule has 7 nitrogen and oxygen atoms in total. The Morgan fingerprint density at radius 3 is 3.00 bits per heavy atom. The van der Waals surface area contributed by atoms with Crippen LogP contribution in [0.2, 0.25) is 0 Å². The van der Waals surface area contributed by atoms with Gasteiger partial charge in [0.2, 0.25) is 5.11 Å². The summed E-state index contributed by atoms with van der Waals surface area (Å²) in [5.41, 5.74) is 3.38. The second-order valence-corrected chi connectivity index (χ2v) is 4.18. The first-order valence-corrected chi connectivity index (χ1v) is 5.94. The molecule has 0 radical (unpaired) electrons. The fraction of sp³-hybridized carbons (Fsp3) is 0. The quantitative estimate of drug-likeness (QED) is 0.363. The molecule has 3 rings (SSSR count). The Balaban J connectivity index is 2.17. The van der Waals surface area contributed by atoms with Crippen molar-refractivity contribution in [3.63, 3.8) is 0 Å². The average Bonchev–Trinajstić information content (AvgIpc) is 3.09. The Labute approximate surface area is 114 Å². The highest BCUT2D eigenvalue weighted by Crippen LogP contribution is 2.24. The number of nitrogens with one attached hydrogen (secondary N) is 2. The Kier molecular flexibility index (Phi) is 2.86. The first-order chi connectivity index (χ1) is 9.31. The Hall–Kier alpha value is -2.45. The van der Waals surface area contributed by atoms with Crippen LogP contribution in [0.5, 0.6) is 0 Å². The molecule has 2 aromatic heterocycles. The number of H-pyrrole nitrogens is 1. The standard InChI is InChI=1S/C11H11N7S/c12-14-11(19)18(17-6-5-13-7-17)10-8-3-1-2-4-9(8)15-16-10/h1-7H,12H2,(H,14,19)(H,15,16). The normalized spacial score (nSPS) is 10.6. The van der Waals surface area contributed by atoms with E-state index in [1.165, 1.54) is 0 Å². The van der Waals surface area contributed by atoms with E-state index in [1.54, 1.807) is 28.4 Å². The predicted octanol–water partition coefficient (Wildman–Crippen LogP) is 0.777. The maximum absolute atomic E-state index is 5.42. The summed E-state index contributed by atoms with van der Waals surface area (Å²) in [5, 5.41) is 10.2. The number of hydrogen-bond donors (Lipinski definition) is 3. The summed E-state index contributed by atoms with van der Waals surface area (Å²) in [6, 6.07) is 7.77. The number of benzene rings is 1. The molecule has 0 spiro atoms. The highest BCUT2D eigenvalue weighted by atomic mass is 32.1. The molecule has 3 aromatic rings. The zero-order valence-electron chi connectivity index (χ0n) is 9.82. The molecule has 0 aliphatic carbocycles. The topological polar surface area (TPSA) is 87.8 Å². The monoisotopic (exact) mass is 273 g/mol. The number of aromatic amines is 1. The highest BCUT2D eigenvalue weighted by molar-refractivity contribution is 7.80. The smallest absolute Gasteiger partial charge is 0.209 e. The third-order valence-corrected chi connectivity index (χ3v) is 2.98. The summed E-state index contributed by atoms with van der Waals surface area (Å²) in [6.45, 7) is 0. The molecule has 0 saturated carbocycles. The lowest BCUT2D eigenvalue weighted by Crippen LogP contribution is -2.46. The molecule has 0 aliphatic heterocycles. The van der Waals surface area contributed by atoms with Gasteiger partial charge in [0.1, 0.15) is 6.33 Å². The van der Waals surface area contributed by atoms with Crippen molar-refractivity contribution in [1.29, 1.82) is 0 Å². The Morgan fingerprint density at radius 1 is 1.42 bits per heavy atom. The van der Waals surface area contributed by atoms with Gasteiger partial charge < -0.3 is 0 Å². The summed E-state index contributed by atoms with van der Waals surface area (Å²) in [5.74, 6) is 6.07. The number of nitrogens with zero attached hydrogens (tertiary/aromatic N) is 4. The maximum Gasteiger partial charge on any atom is 0.209 e. The molecule has 0 bridgehead atoms. The van der Waals surface area contributed by atoms with Gasteiger partial charge in [-0.1, -0.05) is 12.1 Å². The lowest BCUT2D eigenvalue weighted by atomic mass is 10.2. The number of nitrogens with two attached hydrogens (primary N) is 1. The van der Waals surface area contributed by atoms with E-state index in [2.05, 4.69) is 20.6 Å². The van der Waals surface area contributed by atoms with Gasteiger partial charge in [0.15, 0.2) is 5.82 Å². The summed E-state index contributed by atoms with van der Waals surface area (Å²) in [4.78, 5) is 4.00. The third-order valence-electron chi connectivity index (χ3n) is 2.69. The van der Waals surface area contributed by atoms with Gasteiger partial charge in [0, 0.05) is 17.8 Å². The molecule has 0 fully saturated rings. The SMILES string of the molecule is NNC(=S)N(c1n[nH]c2ccccc12)n1ccnc1. The van der Waals surface area contributed by atoms with Crippen LogP contribution in [-0.2, 0) is 0 Å². The molecular formula is C11H11N7S. The van der Waals surface area contributed by atoms with E-state index < -0.39 is 0 Å². The molecular weight excluding hydrogens is 262 g/mol. The van der Waals surface area contributed by atoms with Gasteiger partial charge in [-0.15, -0.1) is 0 Å². The van der Waals surface area contributed by atoms with Gasteiger partial charge in [-0.05, 0) is 24.4 Å². The van der Waals surface area contributed by atoms with E-state index >= 15 is 0 Å². The largest absolute Gasteiger partial charge is 0.299 e. The summed E-state index contributed by atoms with van der Waals surface area (Å²) < 4.78 is 1.70. The molecule has 0 unspecified atom stereocenters. The van der Waals surface area contributed by atoms with Crippen LogP contribution < -0.4 is 16.3 Å².